The van der Waals surface area contributed by atoms with Gasteiger partial charge in [0.2, 0.25) is 0 Å². The second kappa shape index (κ2) is 5.07. The van der Waals surface area contributed by atoms with Gasteiger partial charge in [-0.05, 0) is 42.8 Å². The first-order chi connectivity index (χ1) is 8.88. The first-order valence-corrected chi connectivity index (χ1v) is 7.25. The monoisotopic (exact) mass is 297 g/mol. The Labute approximate surface area is 116 Å². The Bertz CT molecular complexity index is 696. The van der Waals surface area contributed by atoms with Gasteiger partial charge in [0.1, 0.15) is 0 Å². The lowest BCUT2D eigenvalue weighted by Crippen LogP contribution is -2.14. The standard InChI is InChI=1S/C12H12ClN3O2S/c1-8-5-9(14)7-10(6-8)19(17,18)16-11-3-2-4-15-12(11)13/h2-7,16H,14H2,1H3. The largest absolute Gasteiger partial charge is 0.399 e. The van der Waals surface area contributed by atoms with Crippen molar-refractivity contribution in [3.8, 4) is 0 Å². The first kappa shape index (κ1) is 13.6. The van der Waals surface area contributed by atoms with Gasteiger partial charge in [-0.3, -0.25) is 4.72 Å². The maximum atomic E-state index is 12.2. The summed E-state index contributed by atoms with van der Waals surface area (Å²) in [5, 5.41) is 0.0895. The van der Waals surface area contributed by atoms with E-state index in [4.69, 9.17) is 17.3 Å². The van der Waals surface area contributed by atoms with Crippen LogP contribution >= 0.6 is 11.6 Å². The smallest absolute Gasteiger partial charge is 0.262 e. The van der Waals surface area contributed by atoms with Crippen molar-refractivity contribution >= 4 is 33.0 Å². The molecule has 0 bridgehead atoms. The molecular formula is C12H12ClN3O2S. The summed E-state index contributed by atoms with van der Waals surface area (Å²) < 4.78 is 26.8. The highest BCUT2D eigenvalue weighted by Gasteiger charge is 2.16. The fraction of sp³-hybridized carbons (Fsp3) is 0.0833. The molecule has 0 aliphatic heterocycles. The van der Waals surface area contributed by atoms with E-state index in [0.29, 0.717) is 5.69 Å². The molecule has 1 aromatic carbocycles. The van der Waals surface area contributed by atoms with E-state index in [1.165, 1.54) is 24.4 Å². The number of sulfonamides is 1. The highest BCUT2D eigenvalue weighted by Crippen LogP contribution is 2.23. The topological polar surface area (TPSA) is 85.1 Å². The number of hydrogen-bond acceptors (Lipinski definition) is 4. The molecule has 0 radical (unpaired) electrons. The van der Waals surface area contributed by atoms with Crippen LogP contribution in [0.4, 0.5) is 11.4 Å². The fourth-order valence-electron chi connectivity index (χ4n) is 1.60. The SMILES string of the molecule is Cc1cc(N)cc(S(=O)(=O)Nc2cccnc2Cl)c1. The molecule has 0 atom stereocenters. The molecule has 0 spiro atoms. The molecule has 100 valence electrons. The van der Waals surface area contributed by atoms with Gasteiger partial charge in [0.05, 0.1) is 10.6 Å². The zero-order chi connectivity index (χ0) is 14.0. The number of hydrogen-bond donors (Lipinski definition) is 2. The molecule has 0 saturated carbocycles. The van der Waals surface area contributed by atoms with Gasteiger partial charge in [-0.25, -0.2) is 13.4 Å². The van der Waals surface area contributed by atoms with Crippen LogP contribution < -0.4 is 10.5 Å². The van der Waals surface area contributed by atoms with E-state index < -0.39 is 10.0 Å². The minimum Gasteiger partial charge on any atom is -0.399 e. The van der Waals surface area contributed by atoms with Gasteiger partial charge in [-0.1, -0.05) is 11.6 Å². The third kappa shape index (κ3) is 3.15. The van der Waals surface area contributed by atoms with Gasteiger partial charge in [-0.15, -0.1) is 0 Å². The maximum Gasteiger partial charge on any atom is 0.262 e. The zero-order valence-corrected chi connectivity index (χ0v) is 11.7. The van der Waals surface area contributed by atoms with E-state index in [9.17, 15) is 8.42 Å². The van der Waals surface area contributed by atoms with Crippen LogP contribution in [0.3, 0.4) is 0 Å². The Kier molecular flexibility index (Phi) is 3.64. The van der Waals surface area contributed by atoms with Crippen molar-refractivity contribution in [1.82, 2.24) is 4.98 Å². The molecule has 0 aliphatic carbocycles. The summed E-state index contributed by atoms with van der Waals surface area (Å²) in [5.74, 6) is 0. The van der Waals surface area contributed by atoms with Gasteiger partial charge in [0.25, 0.3) is 10.0 Å². The van der Waals surface area contributed by atoms with Crippen molar-refractivity contribution in [2.24, 2.45) is 0 Å². The van der Waals surface area contributed by atoms with Gasteiger partial charge in [-0.2, -0.15) is 0 Å². The summed E-state index contributed by atoms with van der Waals surface area (Å²) >= 11 is 5.82. The molecule has 7 heteroatoms. The number of aromatic nitrogens is 1. The van der Waals surface area contributed by atoms with E-state index >= 15 is 0 Å². The van der Waals surface area contributed by atoms with Gasteiger partial charge in [0, 0.05) is 11.9 Å². The Morgan fingerprint density at radius 2 is 2.05 bits per heavy atom. The number of nitrogens with zero attached hydrogens (tertiary/aromatic N) is 1. The molecule has 1 heterocycles. The van der Waals surface area contributed by atoms with E-state index in [0.717, 1.165) is 5.56 Å². The predicted molar refractivity (Wildman–Crippen MR) is 75.6 cm³/mol. The Morgan fingerprint density at radius 3 is 2.68 bits per heavy atom. The minimum absolute atomic E-state index is 0.0879. The van der Waals surface area contributed by atoms with Crippen molar-refractivity contribution in [3.05, 3.63) is 47.2 Å². The number of anilines is 2. The molecule has 2 rings (SSSR count). The lowest BCUT2D eigenvalue weighted by atomic mass is 10.2. The number of nitrogens with one attached hydrogen (secondary N) is 1. The summed E-state index contributed by atoms with van der Waals surface area (Å²) in [4.78, 5) is 3.89. The second-order valence-corrected chi connectivity index (χ2v) is 6.07. The average Bonchev–Trinajstić information content (AvgIpc) is 2.31. The number of pyridine rings is 1. The summed E-state index contributed by atoms with van der Waals surface area (Å²) in [5.41, 5.74) is 7.02. The van der Waals surface area contributed by atoms with Crippen molar-refractivity contribution < 1.29 is 8.42 Å². The molecule has 1 aromatic heterocycles. The van der Waals surface area contributed by atoms with Crippen LogP contribution in [0.25, 0.3) is 0 Å². The molecule has 0 aliphatic rings. The Balaban J connectivity index is 2.41. The summed E-state index contributed by atoms with van der Waals surface area (Å²) in [7, 11) is -3.74. The molecule has 3 N–H and O–H groups in total. The Hall–Kier alpha value is -1.79. The van der Waals surface area contributed by atoms with Gasteiger partial charge < -0.3 is 5.73 Å². The van der Waals surface area contributed by atoms with Crippen LogP contribution in [0.1, 0.15) is 5.56 Å². The number of halogens is 1. The normalized spacial score (nSPS) is 11.3. The fourth-order valence-corrected chi connectivity index (χ4v) is 3.02. The third-order valence-electron chi connectivity index (χ3n) is 2.39. The van der Waals surface area contributed by atoms with Crippen molar-refractivity contribution in [2.45, 2.75) is 11.8 Å². The summed E-state index contributed by atoms with van der Waals surface area (Å²) in [6, 6.07) is 7.74. The predicted octanol–water partition coefficient (Wildman–Crippen LogP) is 2.43. The third-order valence-corrected chi connectivity index (χ3v) is 4.03. The van der Waals surface area contributed by atoms with E-state index in [1.807, 2.05) is 0 Å². The van der Waals surface area contributed by atoms with Crippen LogP contribution in [-0.2, 0) is 10.0 Å². The molecule has 0 fully saturated rings. The van der Waals surface area contributed by atoms with E-state index in [-0.39, 0.29) is 15.7 Å². The molecule has 19 heavy (non-hydrogen) atoms. The number of nitrogen functional groups attached to an aromatic ring is 1. The highest BCUT2D eigenvalue weighted by molar-refractivity contribution is 7.92. The lowest BCUT2D eigenvalue weighted by molar-refractivity contribution is 0.601. The van der Waals surface area contributed by atoms with Crippen LogP contribution in [-0.4, -0.2) is 13.4 Å². The van der Waals surface area contributed by atoms with Crippen LogP contribution in [0, 0.1) is 6.92 Å². The Morgan fingerprint density at radius 1 is 1.32 bits per heavy atom. The summed E-state index contributed by atoms with van der Waals surface area (Å²) in [6.07, 6.45) is 1.48. The second-order valence-electron chi connectivity index (χ2n) is 4.03. The molecule has 0 unspecified atom stereocenters. The van der Waals surface area contributed by atoms with Crippen molar-refractivity contribution in [3.63, 3.8) is 0 Å². The van der Waals surface area contributed by atoms with E-state index in [2.05, 4.69) is 9.71 Å². The molecule has 0 amide bonds. The van der Waals surface area contributed by atoms with Crippen molar-refractivity contribution in [2.75, 3.05) is 10.5 Å². The molecule has 0 saturated heterocycles. The number of rotatable bonds is 3. The van der Waals surface area contributed by atoms with Gasteiger partial charge in [0.15, 0.2) is 5.15 Å². The molecule has 2 aromatic rings. The van der Waals surface area contributed by atoms with Crippen molar-refractivity contribution in [1.29, 1.82) is 0 Å². The number of benzene rings is 1. The van der Waals surface area contributed by atoms with Gasteiger partial charge >= 0.3 is 0 Å². The quantitative estimate of drug-likeness (QED) is 0.673. The number of aryl methyl sites for hydroxylation is 1. The number of nitrogens with two attached hydrogens (primary N) is 1. The first-order valence-electron chi connectivity index (χ1n) is 5.39. The molecule has 5 nitrogen and oxygen atoms in total. The maximum absolute atomic E-state index is 12.2. The van der Waals surface area contributed by atoms with Crippen LogP contribution in [0.15, 0.2) is 41.4 Å². The zero-order valence-electron chi connectivity index (χ0n) is 10.1. The van der Waals surface area contributed by atoms with Crippen LogP contribution in [0.2, 0.25) is 5.15 Å². The van der Waals surface area contributed by atoms with Crippen LogP contribution in [0.5, 0.6) is 0 Å². The average molecular weight is 298 g/mol. The lowest BCUT2D eigenvalue weighted by Gasteiger charge is -2.10. The highest BCUT2D eigenvalue weighted by atomic mass is 35.5. The minimum atomic E-state index is -3.74. The molecular weight excluding hydrogens is 286 g/mol. The summed E-state index contributed by atoms with van der Waals surface area (Å²) in [6.45, 7) is 1.77. The van der Waals surface area contributed by atoms with E-state index in [1.54, 1.807) is 19.1 Å².